The van der Waals surface area contributed by atoms with E-state index in [0.717, 1.165) is 6.42 Å². The van der Waals surface area contributed by atoms with Crippen molar-refractivity contribution < 1.29 is 13.5 Å². The van der Waals surface area contributed by atoms with Crippen LogP contribution >= 0.6 is 0 Å². The van der Waals surface area contributed by atoms with Crippen LogP contribution in [0.3, 0.4) is 0 Å². The minimum absolute atomic E-state index is 0.00463. The Labute approximate surface area is 108 Å². The second kappa shape index (κ2) is 6.63. The molecule has 0 unspecified atom stereocenters. The first-order valence-corrected chi connectivity index (χ1v) is 7.17. The average Bonchev–Trinajstić information content (AvgIpc) is 2.38. The zero-order valence-electron chi connectivity index (χ0n) is 10.4. The maximum Gasteiger partial charge on any atom is 0.260 e. The molecular formula is C12H18N2O3S. The molecule has 1 aromatic heterocycles. The summed E-state index contributed by atoms with van der Waals surface area (Å²) < 4.78 is 25.9. The standard InChI is InChI=1S/C12H18N2O3S/c1-3-7-14(8-4-2)18(16,17)12-6-5-11(10-15)9-13-12/h3,5-6,9,15H,1,4,7-8,10H2,2H3. The average molecular weight is 270 g/mol. The summed E-state index contributed by atoms with van der Waals surface area (Å²) in [6.07, 6.45) is 3.64. The predicted octanol–water partition coefficient (Wildman–Crippen LogP) is 1.16. The molecule has 1 aromatic rings. The van der Waals surface area contributed by atoms with Crippen molar-refractivity contribution >= 4 is 10.0 Å². The molecule has 0 atom stereocenters. The first-order chi connectivity index (χ1) is 8.56. The Morgan fingerprint density at radius 3 is 2.67 bits per heavy atom. The van der Waals surface area contributed by atoms with E-state index in [1.807, 2.05) is 6.92 Å². The van der Waals surface area contributed by atoms with Crippen molar-refractivity contribution in [3.63, 3.8) is 0 Å². The van der Waals surface area contributed by atoms with Crippen molar-refractivity contribution in [1.82, 2.24) is 9.29 Å². The zero-order valence-corrected chi connectivity index (χ0v) is 11.2. The molecule has 1 N–H and O–H groups in total. The largest absolute Gasteiger partial charge is 0.392 e. The number of pyridine rings is 1. The highest BCUT2D eigenvalue weighted by Crippen LogP contribution is 2.14. The number of sulfonamides is 1. The molecule has 1 rings (SSSR count). The van der Waals surface area contributed by atoms with Gasteiger partial charge in [0.25, 0.3) is 10.0 Å². The summed E-state index contributed by atoms with van der Waals surface area (Å²) in [6, 6.07) is 2.96. The molecule has 6 heteroatoms. The summed E-state index contributed by atoms with van der Waals surface area (Å²) >= 11 is 0. The smallest absolute Gasteiger partial charge is 0.260 e. The van der Waals surface area contributed by atoms with Gasteiger partial charge < -0.3 is 5.11 Å². The van der Waals surface area contributed by atoms with Crippen molar-refractivity contribution in [1.29, 1.82) is 0 Å². The van der Waals surface area contributed by atoms with E-state index < -0.39 is 10.0 Å². The fraction of sp³-hybridized carbons (Fsp3) is 0.417. The third-order valence-corrected chi connectivity index (χ3v) is 4.17. The Bertz CT molecular complexity index is 483. The summed E-state index contributed by atoms with van der Waals surface area (Å²) in [7, 11) is -3.58. The van der Waals surface area contributed by atoms with Gasteiger partial charge in [-0.1, -0.05) is 19.1 Å². The lowest BCUT2D eigenvalue weighted by molar-refractivity contribution is 0.281. The third-order valence-electron chi connectivity index (χ3n) is 2.39. The fourth-order valence-corrected chi connectivity index (χ4v) is 2.91. The van der Waals surface area contributed by atoms with Crippen LogP contribution in [0.2, 0.25) is 0 Å². The molecule has 0 amide bonds. The van der Waals surface area contributed by atoms with Gasteiger partial charge >= 0.3 is 0 Å². The number of hydrogen-bond acceptors (Lipinski definition) is 4. The van der Waals surface area contributed by atoms with E-state index in [1.165, 1.54) is 16.6 Å². The highest BCUT2D eigenvalue weighted by Gasteiger charge is 2.23. The molecular weight excluding hydrogens is 252 g/mol. The number of aliphatic hydroxyl groups is 1. The van der Waals surface area contributed by atoms with Crippen LogP contribution in [0, 0.1) is 0 Å². The summed E-state index contributed by atoms with van der Waals surface area (Å²) in [4.78, 5) is 3.88. The highest BCUT2D eigenvalue weighted by atomic mass is 32.2. The Hall–Kier alpha value is -1.24. The summed E-state index contributed by atoms with van der Waals surface area (Å²) in [5, 5.41) is 8.89. The summed E-state index contributed by atoms with van der Waals surface area (Å²) in [5.74, 6) is 0. The molecule has 5 nitrogen and oxygen atoms in total. The summed E-state index contributed by atoms with van der Waals surface area (Å²) in [6.45, 7) is 6.01. The Morgan fingerprint density at radius 1 is 1.50 bits per heavy atom. The van der Waals surface area contributed by atoms with Crippen LogP contribution in [0.25, 0.3) is 0 Å². The van der Waals surface area contributed by atoms with Gasteiger partial charge in [-0.3, -0.25) is 0 Å². The fourth-order valence-electron chi connectivity index (χ4n) is 1.49. The SMILES string of the molecule is C=CCN(CCC)S(=O)(=O)c1ccc(CO)cn1. The molecule has 0 spiro atoms. The van der Waals surface area contributed by atoms with E-state index in [1.54, 1.807) is 12.1 Å². The predicted molar refractivity (Wildman–Crippen MR) is 69.4 cm³/mol. The third kappa shape index (κ3) is 3.38. The van der Waals surface area contributed by atoms with Gasteiger partial charge in [-0.2, -0.15) is 4.31 Å². The molecule has 0 radical (unpaired) electrons. The van der Waals surface area contributed by atoms with Crippen LogP contribution < -0.4 is 0 Å². The van der Waals surface area contributed by atoms with Crippen molar-refractivity contribution in [3.05, 3.63) is 36.5 Å². The van der Waals surface area contributed by atoms with Gasteiger partial charge in [-0.05, 0) is 18.1 Å². The first-order valence-electron chi connectivity index (χ1n) is 5.73. The molecule has 0 aliphatic rings. The topological polar surface area (TPSA) is 70.5 Å². The Morgan fingerprint density at radius 2 is 2.22 bits per heavy atom. The second-order valence-corrected chi connectivity index (χ2v) is 5.70. The number of hydrogen-bond donors (Lipinski definition) is 1. The van der Waals surface area contributed by atoms with Gasteiger partial charge in [0.2, 0.25) is 0 Å². The number of aliphatic hydroxyl groups excluding tert-OH is 1. The minimum Gasteiger partial charge on any atom is -0.392 e. The number of aromatic nitrogens is 1. The van der Waals surface area contributed by atoms with E-state index in [4.69, 9.17) is 5.11 Å². The van der Waals surface area contributed by atoms with E-state index in [9.17, 15) is 8.42 Å². The normalized spacial score (nSPS) is 11.7. The van der Waals surface area contributed by atoms with Gasteiger partial charge in [0, 0.05) is 19.3 Å². The van der Waals surface area contributed by atoms with Gasteiger partial charge in [0.15, 0.2) is 5.03 Å². The molecule has 18 heavy (non-hydrogen) atoms. The monoisotopic (exact) mass is 270 g/mol. The van der Waals surface area contributed by atoms with Gasteiger partial charge in [-0.15, -0.1) is 6.58 Å². The van der Waals surface area contributed by atoms with Crippen LogP contribution in [0.4, 0.5) is 0 Å². The molecule has 0 aliphatic carbocycles. The first kappa shape index (κ1) is 14.8. The van der Waals surface area contributed by atoms with Crippen LogP contribution in [-0.4, -0.2) is 35.9 Å². The van der Waals surface area contributed by atoms with E-state index in [-0.39, 0.29) is 18.2 Å². The van der Waals surface area contributed by atoms with Crippen molar-refractivity contribution in [2.45, 2.75) is 25.0 Å². The van der Waals surface area contributed by atoms with Crippen molar-refractivity contribution in [2.75, 3.05) is 13.1 Å². The number of nitrogens with zero attached hydrogens (tertiary/aromatic N) is 2. The van der Waals surface area contributed by atoms with E-state index in [2.05, 4.69) is 11.6 Å². The van der Waals surface area contributed by atoms with Gasteiger partial charge in [-0.25, -0.2) is 13.4 Å². The van der Waals surface area contributed by atoms with Crippen LogP contribution in [0.1, 0.15) is 18.9 Å². The summed E-state index contributed by atoms with van der Waals surface area (Å²) in [5.41, 5.74) is 0.583. The lowest BCUT2D eigenvalue weighted by atomic mass is 10.3. The van der Waals surface area contributed by atoms with Crippen LogP contribution in [-0.2, 0) is 16.6 Å². The molecule has 1 heterocycles. The van der Waals surface area contributed by atoms with Crippen LogP contribution in [0.5, 0.6) is 0 Å². The van der Waals surface area contributed by atoms with E-state index in [0.29, 0.717) is 12.1 Å². The molecule has 0 aromatic carbocycles. The lowest BCUT2D eigenvalue weighted by Gasteiger charge is -2.19. The quantitative estimate of drug-likeness (QED) is 0.755. The van der Waals surface area contributed by atoms with Gasteiger partial charge in [0.1, 0.15) is 0 Å². The molecule has 0 aliphatic heterocycles. The van der Waals surface area contributed by atoms with E-state index >= 15 is 0 Å². The molecule has 0 saturated carbocycles. The van der Waals surface area contributed by atoms with Crippen LogP contribution in [0.15, 0.2) is 36.0 Å². The minimum atomic E-state index is -3.58. The Balaban J connectivity index is 3.04. The Kier molecular flexibility index (Phi) is 5.46. The maximum atomic E-state index is 12.3. The highest BCUT2D eigenvalue weighted by molar-refractivity contribution is 7.89. The molecule has 0 saturated heterocycles. The molecule has 100 valence electrons. The molecule has 0 bridgehead atoms. The second-order valence-electron chi connectivity index (χ2n) is 3.81. The van der Waals surface area contributed by atoms with Crippen molar-refractivity contribution in [3.8, 4) is 0 Å². The molecule has 0 fully saturated rings. The number of rotatable bonds is 7. The van der Waals surface area contributed by atoms with Crippen molar-refractivity contribution in [2.24, 2.45) is 0 Å². The zero-order chi connectivity index (χ0) is 13.6. The maximum absolute atomic E-state index is 12.3. The lowest BCUT2D eigenvalue weighted by Crippen LogP contribution is -2.32. The van der Waals surface area contributed by atoms with Gasteiger partial charge in [0.05, 0.1) is 6.61 Å².